The van der Waals surface area contributed by atoms with Crippen molar-refractivity contribution < 1.29 is 26.4 Å². The lowest BCUT2D eigenvalue weighted by Crippen LogP contribution is -2.49. The predicted molar refractivity (Wildman–Crippen MR) is 183 cm³/mol. The molecular weight excluding hydrogens is 638 g/mol. The molecule has 1 aliphatic heterocycles. The average Bonchev–Trinajstić information content (AvgIpc) is 2.96. The Hall–Kier alpha value is -3.52. The van der Waals surface area contributed by atoms with E-state index in [1.54, 1.807) is 48.5 Å². The zero-order chi connectivity index (χ0) is 31.7. The highest BCUT2D eigenvalue weighted by Crippen LogP contribution is 2.26. The highest BCUT2D eigenvalue weighted by Gasteiger charge is 2.28. The number of anilines is 3. The number of nitrogens with zero attached hydrogens (tertiary/aromatic N) is 2. The summed E-state index contributed by atoms with van der Waals surface area (Å²) in [4.78, 5) is 17.7. The van der Waals surface area contributed by atoms with E-state index in [4.69, 9.17) is 4.74 Å². The molecule has 3 N–H and O–H groups in total. The van der Waals surface area contributed by atoms with Crippen molar-refractivity contribution in [1.29, 1.82) is 0 Å². The first-order valence-electron chi connectivity index (χ1n) is 14.6. The molecule has 1 heterocycles. The van der Waals surface area contributed by atoms with Crippen LogP contribution in [0.2, 0.25) is 0 Å². The number of ether oxygens (including phenoxy) is 1. The second-order valence-electron chi connectivity index (χ2n) is 11.0. The number of halogens is 1. The number of urea groups is 1. The number of hydrogen-bond acceptors (Lipinski definition) is 7. The maximum atomic E-state index is 13.4. The lowest BCUT2D eigenvalue weighted by atomic mass is 10.0. The Labute approximate surface area is 272 Å². The van der Waals surface area contributed by atoms with Gasteiger partial charge in [0.15, 0.2) is 0 Å². The van der Waals surface area contributed by atoms with E-state index in [0.29, 0.717) is 35.1 Å². The minimum Gasteiger partial charge on any atom is -0.457 e. The molecule has 0 radical (unpaired) electrons. The van der Waals surface area contributed by atoms with E-state index in [2.05, 4.69) is 26.6 Å². The Bertz CT molecular complexity index is 1610. The van der Waals surface area contributed by atoms with E-state index in [1.807, 2.05) is 29.2 Å². The molecule has 14 heteroatoms. The quantitative estimate of drug-likeness (QED) is 0.203. The Morgan fingerprint density at radius 2 is 1.40 bits per heavy atom. The highest BCUT2D eigenvalue weighted by atomic mass is 35.5. The van der Waals surface area contributed by atoms with Crippen molar-refractivity contribution in [1.82, 2.24) is 9.80 Å². The van der Waals surface area contributed by atoms with Gasteiger partial charge in [-0.3, -0.25) is 14.3 Å². The molecule has 246 valence electrons. The van der Waals surface area contributed by atoms with E-state index in [-0.39, 0.29) is 24.5 Å². The summed E-state index contributed by atoms with van der Waals surface area (Å²) in [5.74, 6) is 1.29. The van der Waals surface area contributed by atoms with Gasteiger partial charge in [0.25, 0.3) is 0 Å². The van der Waals surface area contributed by atoms with E-state index in [1.165, 1.54) is 0 Å². The maximum absolute atomic E-state index is 13.4. The molecule has 0 aromatic heterocycles. The number of carbonyl (C=O) groups excluding carboxylic acids is 1. The second kappa shape index (κ2) is 16.2. The average molecular weight is 680 g/mol. The SMILES string of the molecule is CCCCN(C(=O)Nc1ccccc1NS(C)(=O)=O)C1CCN(Cc2ccc(Oc3ccc(NS(C)(=O)=O)cc3)cc2)CC1.Cl. The van der Waals surface area contributed by atoms with Gasteiger partial charge in [-0.15, -0.1) is 12.4 Å². The Morgan fingerprint density at radius 1 is 0.844 bits per heavy atom. The first-order chi connectivity index (χ1) is 20.9. The van der Waals surface area contributed by atoms with Gasteiger partial charge in [0.2, 0.25) is 20.0 Å². The molecule has 1 aliphatic rings. The fourth-order valence-corrected chi connectivity index (χ4v) is 6.24. The number of likely N-dealkylation sites (tertiary alicyclic amines) is 1. The number of benzene rings is 3. The molecule has 0 saturated carbocycles. The van der Waals surface area contributed by atoms with Gasteiger partial charge < -0.3 is 15.0 Å². The summed E-state index contributed by atoms with van der Waals surface area (Å²) in [6.07, 6.45) is 5.71. The van der Waals surface area contributed by atoms with Crippen molar-refractivity contribution >= 4 is 55.5 Å². The van der Waals surface area contributed by atoms with Crippen molar-refractivity contribution in [2.75, 3.05) is 46.9 Å². The number of piperidine rings is 1. The normalized spacial score (nSPS) is 14.2. The molecule has 0 atom stereocenters. The van der Waals surface area contributed by atoms with Gasteiger partial charge in [-0.05, 0) is 73.4 Å². The van der Waals surface area contributed by atoms with Crippen LogP contribution in [0.4, 0.5) is 21.9 Å². The number of nitrogens with one attached hydrogen (secondary N) is 3. The summed E-state index contributed by atoms with van der Waals surface area (Å²) < 4.78 is 57.2. The number of sulfonamides is 2. The fraction of sp³-hybridized carbons (Fsp3) is 0.387. The maximum Gasteiger partial charge on any atom is 0.322 e. The van der Waals surface area contributed by atoms with Gasteiger partial charge in [-0.25, -0.2) is 21.6 Å². The summed E-state index contributed by atoms with van der Waals surface area (Å²) in [7, 11) is -6.83. The van der Waals surface area contributed by atoms with Crippen LogP contribution in [0.15, 0.2) is 72.8 Å². The molecule has 1 saturated heterocycles. The highest BCUT2D eigenvalue weighted by molar-refractivity contribution is 7.92. The molecule has 11 nitrogen and oxygen atoms in total. The molecule has 1 fully saturated rings. The van der Waals surface area contributed by atoms with Crippen molar-refractivity contribution in [3.63, 3.8) is 0 Å². The van der Waals surface area contributed by atoms with Crippen LogP contribution in [-0.2, 0) is 26.6 Å². The number of para-hydroxylation sites is 2. The first kappa shape index (κ1) is 36.0. The van der Waals surface area contributed by atoms with Gasteiger partial charge in [0, 0.05) is 37.9 Å². The van der Waals surface area contributed by atoms with Crippen LogP contribution < -0.4 is 19.5 Å². The van der Waals surface area contributed by atoms with E-state index < -0.39 is 20.0 Å². The fourth-order valence-electron chi connectivity index (χ4n) is 5.10. The number of carbonyl (C=O) groups is 1. The Balaban J connectivity index is 0.00000552. The molecule has 0 aliphatic carbocycles. The molecule has 3 aromatic carbocycles. The van der Waals surface area contributed by atoms with Gasteiger partial charge >= 0.3 is 6.03 Å². The Morgan fingerprint density at radius 3 is 1.96 bits per heavy atom. The molecule has 0 spiro atoms. The Kier molecular flexibility index (Phi) is 12.9. The van der Waals surface area contributed by atoms with Gasteiger partial charge in [0.1, 0.15) is 11.5 Å². The van der Waals surface area contributed by atoms with Crippen molar-refractivity contribution in [3.05, 3.63) is 78.4 Å². The molecule has 4 rings (SSSR count). The smallest absolute Gasteiger partial charge is 0.322 e. The summed E-state index contributed by atoms with van der Waals surface area (Å²) in [5.41, 5.74) is 2.39. The zero-order valence-electron chi connectivity index (χ0n) is 25.7. The van der Waals surface area contributed by atoms with E-state index in [9.17, 15) is 21.6 Å². The molecule has 2 amide bonds. The third-order valence-electron chi connectivity index (χ3n) is 7.20. The summed E-state index contributed by atoms with van der Waals surface area (Å²) >= 11 is 0. The minimum atomic E-state index is -3.49. The van der Waals surface area contributed by atoms with Gasteiger partial charge in [-0.1, -0.05) is 37.6 Å². The van der Waals surface area contributed by atoms with Gasteiger partial charge in [0.05, 0.1) is 23.9 Å². The van der Waals surface area contributed by atoms with Crippen LogP contribution in [0.25, 0.3) is 0 Å². The van der Waals surface area contributed by atoms with Crippen molar-refractivity contribution in [3.8, 4) is 11.5 Å². The third kappa shape index (κ3) is 11.7. The lowest BCUT2D eigenvalue weighted by molar-refractivity contribution is 0.122. The van der Waals surface area contributed by atoms with Crippen LogP contribution in [0.1, 0.15) is 38.2 Å². The van der Waals surface area contributed by atoms with Crippen molar-refractivity contribution in [2.24, 2.45) is 0 Å². The zero-order valence-corrected chi connectivity index (χ0v) is 28.2. The number of amides is 2. The monoisotopic (exact) mass is 679 g/mol. The van der Waals surface area contributed by atoms with E-state index >= 15 is 0 Å². The number of rotatable bonds is 13. The van der Waals surface area contributed by atoms with Crippen LogP contribution in [0.5, 0.6) is 11.5 Å². The first-order valence-corrected chi connectivity index (χ1v) is 18.4. The van der Waals surface area contributed by atoms with Gasteiger partial charge in [-0.2, -0.15) is 0 Å². The topological polar surface area (TPSA) is 137 Å². The predicted octanol–water partition coefficient (Wildman–Crippen LogP) is 5.94. The van der Waals surface area contributed by atoms with Crippen LogP contribution >= 0.6 is 12.4 Å². The number of hydrogen-bond donors (Lipinski definition) is 3. The molecular formula is C31H42ClN5O6S2. The van der Waals surface area contributed by atoms with Crippen LogP contribution in [0, 0.1) is 0 Å². The molecule has 0 bridgehead atoms. The number of unbranched alkanes of at least 4 members (excludes halogenated alkanes) is 1. The molecule has 45 heavy (non-hydrogen) atoms. The second-order valence-corrected chi connectivity index (χ2v) is 14.5. The largest absolute Gasteiger partial charge is 0.457 e. The summed E-state index contributed by atoms with van der Waals surface area (Å²) in [5, 5.41) is 2.93. The molecule has 0 unspecified atom stereocenters. The standard InChI is InChI=1S/C31H41N5O6S2.ClH/c1-4-5-20-36(31(37)32-29-8-6-7-9-30(29)34-44(3,40)41)26-18-21-35(22-19-26)23-24-10-14-27(15-11-24)42-28-16-12-25(13-17-28)33-43(2,38)39;/h6-17,26,33-34H,4-5,18-23H2,1-3H3,(H,32,37);1H. The summed E-state index contributed by atoms with van der Waals surface area (Å²) in [6.45, 7) is 5.20. The molecule has 3 aromatic rings. The lowest BCUT2D eigenvalue weighted by Gasteiger charge is -2.38. The van der Waals surface area contributed by atoms with Crippen LogP contribution in [0.3, 0.4) is 0 Å². The van der Waals surface area contributed by atoms with Crippen LogP contribution in [-0.4, -0.2) is 70.9 Å². The van der Waals surface area contributed by atoms with E-state index in [0.717, 1.165) is 63.4 Å². The van der Waals surface area contributed by atoms with Crippen molar-refractivity contribution in [2.45, 2.75) is 45.2 Å². The minimum absolute atomic E-state index is 0. The summed E-state index contributed by atoms with van der Waals surface area (Å²) in [6, 6.07) is 21.3. The third-order valence-corrected chi connectivity index (χ3v) is 8.40.